The Balaban J connectivity index is 0.00000400. The van der Waals surface area contributed by atoms with Crippen molar-refractivity contribution >= 4 is 29.9 Å². The fourth-order valence-corrected chi connectivity index (χ4v) is 1.58. The average Bonchev–Trinajstić information content (AvgIpc) is 2.73. The van der Waals surface area contributed by atoms with Crippen LogP contribution in [-0.2, 0) is 18.3 Å². The summed E-state index contributed by atoms with van der Waals surface area (Å²) >= 11 is 0. The first-order valence-corrected chi connectivity index (χ1v) is 6.58. The molecule has 0 aliphatic heterocycles. The molecule has 1 aromatic rings. The average molecular weight is 408 g/mol. The normalized spacial score (nSPS) is 12.5. The maximum Gasteiger partial charge on any atom is 0.192 e. The summed E-state index contributed by atoms with van der Waals surface area (Å²) in [6, 6.07) is 0.164. The molecule has 120 valence electrons. The molecule has 1 heterocycles. The number of hydrogen-bond donors (Lipinski definition) is 2. The molecule has 1 aromatic heterocycles. The monoisotopic (exact) mass is 408 g/mol. The van der Waals surface area contributed by atoms with Gasteiger partial charge < -0.3 is 19.9 Å². The zero-order valence-electron chi connectivity index (χ0n) is 13.1. The Labute approximate surface area is 143 Å². The molecule has 0 amide bonds. The van der Waals surface area contributed by atoms with Crippen LogP contribution in [0.25, 0.3) is 0 Å². The number of aryl methyl sites for hydroxylation is 1. The molecule has 0 saturated heterocycles. The van der Waals surface area contributed by atoms with Gasteiger partial charge in [0.1, 0.15) is 12.4 Å². The van der Waals surface area contributed by atoms with Gasteiger partial charge in [-0.25, -0.2) is 4.99 Å². The highest BCUT2D eigenvalue weighted by molar-refractivity contribution is 14.0. The van der Waals surface area contributed by atoms with Crippen LogP contribution in [-0.4, -0.2) is 47.0 Å². The molecule has 7 nitrogen and oxygen atoms in total. The zero-order chi connectivity index (χ0) is 15.0. The lowest BCUT2D eigenvalue weighted by molar-refractivity contribution is 0.179. The standard InChI is InChI=1S/C13H24N6O.HI/c1-6-7-14-13(16-10(2)9-20-5)15-8-12-18-17-11(3)19(12)4;/h6,10H,1,7-9H2,2-5H3,(H2,14,15,16);1H. The number of aliphatic imine (C=N–C) groups is 1. The van der Waals surface area contributed by atoms with E-state index in [-0.39, 0.29) is 30.0 Å². The molecule has 1 rings (SSSR count). The van der Waals surface area contributed by atoms with Gasteiger partial charge in [0.05, 0.1) is 6.61 Å². The van der Waals surface area contributed by atoms with Gasteiger partial charge in [0.25, 0.3) is 0 Å². The number of guanidine groups is 1. The molecule has 0 aliphatic rings. The van der Waals surface area contributed by atoms with Gasteiger partial charge in [-0.1, -0.05) is 6.08 Å². The van der Waals surface area contributed by atoms with Crippen LogP contribution in [0, 0.1) is 6.92 Å². The summed E-state index contributed by atoms with van der Waals surface area (Å²) in [4.78, 5) is 4.50. The molecule has 0 spiro atoms. The van der Waals surface area contributed by atoms with E-state index in [1.54, 1.807) is 13.2 Å². The molecule has 0 aromatic carbocycles. The predicted molar refractivity (Wildman–Crippen MR) is 95.0 cm³/mol. The Kier molecular flexibility index (Phi) is 9.97. The van der Waals surface area contributed by atoms with E-state index in [1.807, 2.05) is 25.5 Å². The van der Waals surface area contributed by atoms with Crippen LogP contribution in [0.5, 0.6) is 0 Å². The number of nitrogens with zero attached hydrogens (tertiary/aromatic N) is 4. The number of aromatic nitrogens is 3. The summed E-state index contributed by atoms with van der Waals surface area (Å²) in [7, 11) is 3.60. The predicted octanol–water partition coefficient (Wildman–Crippen LogP) is 0.998. The molecule has 0 aliphatic carbocycles. The summed E-state index contributed by atoms with van der Waals surface area (Å²) in [5, 5.41) is 14.5. The molecule has 0 saturated carbocycles. The van der Waals surface area contributed by atoms with Crippen LogP contribution in [0.3, 0.4) is 0 Å². The second-order valence-corrected chi connectivity index (χ2v) is 4.56. The minimum absolute atomic E-state index is 0. The number of ether oxygens (including phenoxy) is 1. The lowest BCUT2D eigenvalue weighted by Gasteiger charge is -2.16. The fourth-order valence-electron chi connectivity index (χ4n) is 1.58. The molecule has 0 fully saturated rings. The third-order valence-electron chi connectivity index (χ3n) is 2.77. The second-order valence-electron chi connectivity index (χ2n) is 4.56. The Hall–Kier alpha value is -1.16. The van der Waals surface area contributed by atoms with Gasteiger partial charge >= 0.3 is 0 Å². The largest absolute Gasteiger partial charge is 0.383 e. The van der Waals surface area contributed by atoms with Crippen molar-refractivity contribution in [1.29, 1.82) is 0 Å². The van der Waals surface area contributed by atoms with E-state index in [0.717, 1.165) is 11.6 Å². The molecular weight excluding hydrogens is 383 g/mol. The van der Waals surface area contributed by atoms with E-state index in [2.05, 4.69) is 32.4 Å². The minimum atomic E-state index is 0. The number of rotatable bonds is 7. The van der Waals surface area contributed by atoms with Crippen LogP contribution in [0.4, 0.5) is 0 Å². The smallest absolute Gasteiger partial charge is 0.192 e. The first-order valence-electron chi connectivity index (χ1n) is 6.58. The fraction of sp³-hybridized carbons (Fsp3) is 0.615. The van der Waals surface area contributed by atoms with E-state index in [0.29, 0.717) is 25.7 Å². The minimum Gasteiger partial charge on any atom is -0.383 e. The van der Waals surface area contributed by atoms with Crippen molar-refractivity contribution in [2.45, 2.75) is 26.4 Å². The van der Waals surface area contributed by atoms with Crippen molar-refractivity contribution in [3.05, 3.63) is 24.3 Å². The van der Waals surface area contributed by atoms with E-state index >= 15 is 0 Å². The third-order valence-corrected chi connectivity index (χ3v) is 2.77. The quantitative estimate of drug-likeness (QED) is 0.305. The van der Waals surface area contributed by atoms with Gasteiger partial charge in [-0.15, -0.1) is 40.8 Å². The third kappa shape index (κ3) is 6.89. The Morgan fingerprint density at radius 1 is 1.52 bits per heavy atom. The highest BCUT2D eigenvalue weighted by Gasteiger charge is 2.07. The molecule has 0 radical (unpaired) electrons. The SMILES string of the molecule is C=CCNC(=NCc1nnc(C)n1C)NC(C)COC.I. The van der Waals surface area contributed by atoms with Gasteiger partial charge in [0.15, 0.2) is 11.8 Å². The van der Waals surface area contributed by atoms with Gasteiger partial charge in [-0.3, -0.25) is 0 Å². The first-order chi connectivity index (χ1) is 9.58. The molecular formula is C13H25IN6O. The van der Waals surface area contributed by atoms with Crippen LogP contribution >= 0.6 is 24.0 Å². The van der Waals surface area contributed by atoms with E-state index < -0.39 is 0 Å². The molecule has 1 atom stereocenters. The van der Waals surface area contributed by atoms with Crippen LogP contribution in [0.1, 0.15) is 18.6 Å². The summed E-state index contributed by atoms with van der Waals surface area (Å²) in [5.41, 5.74) is 0. The number of methoxy groups -OCH3 is 1. The van der Waals surface area contributed by atoms with Crippen molar-refractivity contribution in [1.82, 2.24) is 25.4 Å². The van der Waals surface area contributed by atoms with Crippen LogP contribution in [0.2, 0.25) is 0 Å². The van der Waals surface area contributed by atoms with E-state index in [1.165, 1.54) is 0 Å². The van der Waals surface area contributed by atoms with E-state index in [4.69, 9.17) is 4.74 Å². The van der Waals surface area contributed by atoms with Crippen LogP contribution in [0.15, 0.2) is 17.6 Å². The summed E-state index contributed by atoms with van der Waals surface area (Å²) in [6.07, 6.45) is 1.78. The summed E-state index contributed by atoms with van der Waals surface area (Å²) in [6.45, 7) is 9.34. The number of halogens is 1. The van der Waals surface area contributed by atoms with E-state index in [9.17, 15) is 0 Å². The molecule has 2 N–H and O–H groups in total. The Bertz CT molecular complexity index is 460. The number of nitrogens with one attached hydrogen (secondary N) is 2. The maximum atomic E-state index is 5.10. The lowest BCUT2D eigenvalue weighted by Crippen LogP contribution is -2.44. The molecule has 1 unspecified atom stereocenters. The Morgan fingerprint density at radius 2 is 2.24 bits per heavy atom. The van der Waals surface area contributed by atoms with Gasteiger partial charge in [0, 0.05) is 26.7 Å². The van der Waals surface area contributed by atoms with Crippen molar-refractivity contribution in [2.75, 3.05) is 20.3 Å². The highest BCUT2D eigenvalue weighted by atomic mass is 127. The van der Waals surface area contributed by atoms with Crippen molar-refractivity contribution in [3.63, 3.8) is 0 Å². The lowest BCUT2D eigenvalue weighted by atomic mass is 10.4. The van der Waals surface area contributed by atoms with Crippen molar-refractivity contribution in [3.8, 4) is 0 Å². The topological polar surface area (TPSA) is 76.4 Å². The molecule has 8 heteroatoms. The zero-order valence-corrected chi connectivity index (χ0v) is 15.4. The molecule has 21 heavy (non-hydrogen) atoms. The van der Waals surface area contributed by atoms with Gasteiger partial charge in [-0.2, -0.15) is 0 Å². The molecule has 0 bridgehead atoms. The van der Waals surface area contributed by atoms with Gasteiger partial charge in [-0.05, 0) is 13.8 Å². The second kappa shape index (κ2) is 10.6. The highest BCUT2D eigenvalue weighted by Crippen LogP contribution is 1.99. The van der Waals surface area contributed by atoms with Crippen molar-refractivity contribution in [2.24, 2.45) is 12.0 Å². The van der Waals surface area contributed by atoms with Crippen LogP contribution < -0.4 is 10.6 Å². The summed E-state index contributed by atoms with van der Waals surface area (Å²) in [5.74, 6) is 2.40. The number of hydrogen-bond acceptors (Lipinski definition) is 4. The Morgan fingerprint density at radius 3 is 2.76 bits per heavy atom. The van der Waals surface area contributed by atoms with Gasteiger partial charge in [0.2, 0.25) is 0 Å². The first kappa shape index (κ1) is 19.8. The van der Waals surface area contributed by atoms with Crippen molar-refractivity contribution < 1.29 is 4.74 Å². The summed E-state index contributed by atoms with van der Waals surface area (Å²) < 4.78 is 7.03. The maximum absolute atomic E-state index is 5.10.